The molecule has 154 valence electrons. The molecule has 0 spiro atoms. The van der Waals surface area contributed by atoms with Crippen LogP contribution in [0, 0.1) is 0 Å². The molecule has 0 fully saturated rings. The lowest BCUT2D eigenvalue weighted by Crippen LogP contribution is -2.24. The highest BCUT2D eigenvalue weighted by Gasteiger charge is 2.18. The van der Waals surface area contributed by atoms with Crippen molar-refractivity contribution in [3.05, 3.63) is 70.5 Å². The Balaban J connectivity index is 1.67. The third-order valence-electron chi connectivity index (χ3n) is 4.41. The average Bonchev–Trinajstić information content (AvgIpc) is 3.23. The van der Waals surface area contributed by atoms with Crippen LogP contribution in [0.5, 0.6) is 0 Å². The summed E-state index contributed by atoms with van der Waals surface area (Å²) in [6.07, 6.45) is 0.185. The van der Waals surface area contributed by atoms with Crippen LogP contribution in [-0.2, 0) is 11.3 Å². The Morgan fingerprint density at radius 2 is 1.77 bits per heavy atom. The van der Waals surface area contributed by atoms with Gasteiger partial charge in [0.25, 0.3) is 16.7 Å². The van der Waals surface area contributed by atoms with E-state index >= 15 is 0 Å². The predicted molar refractivity (Wildman–Crippen MR) is 117 cm³/mol. The Labute approximate surface area is 178 Å². The molecule has 2 aromatic heterocycles. The van der Waals surface area contributed by atoms with E-state index in [-0.39, 0.29) is 11.7 Å². The van der Waals surface area contributed by atoms with Gasteiger partial charge in [-0.05, 0) is 25.5 Å². The molecule has 4 rings (SSSR count). The second kappa shape index (κ2) is 9.23. The minimum absolute atomic E-state index is 0.154. The molecule has 4 aromatic rings. The van der Waals surface area contributed by atoms with E-state index in [9.17, 15) is 4.79 Å². The van der Waals surface area contributed by atoms with Crippen molar-refractivity contribution < 1.29 is 9.15 Å². The molecule has 0 bridgehead atoms. The first-order valence-electron chi connectivity index (χ1n) is 9.74. The summed E-state index contributed by atoms with van der Waals surface area (Å²) in [4.78, 5) is 13.0. The minimum Gasteiger partial charge on any atom is -0.410 e. The fraction of sp³-hybridized carbons (Fsp3) is 0.273. The van der Waals surface area contributed by atoms with Crippen LogP contribution in [0.4, 0.5) is 0 Å². The van der Waals surface area contributed by atoms with Gasteiger partial charge in [-0.3, -0.25) is 4.79 Å². The average molecular weight is 423 g/mol. The van der Waals surface area contributed by atoms with Crippen molar-refractivity contribution in [1.29, 1.82) is 0 Å². The van der Waals surface area contributed by atoms with E-state index in [2.05, 4.69) is 15.3 Å². The van der Waals surface area contributed by atoms with Gasteiger partial charge < -0.3 is 9.15 Å². The quantitative estimate of drug-likeness (QED) is 0.313. The Morgan fingerprint density at radius 1 is 1.03 bits per heavy atom. The van der Waals surface area contributed by atoms with E-state index in [0.717, 1.165) is 5.56 Å². The van der Waals surface area contributed by atoms with Crippen molar-refractivity contribution in [1.82, 2.24) is 20.0 Å². The van der Waals surface area contributed by atoms with Crippen molar-refractivity contribution in [3.63, 3.8) is 0 Å². The number of aromatic nitrogens is 4. The lowest BCUT2D eigenvalue weighted by molar-refractivity contribution is 0.0919. The van der Waals surface area contributed by atoms with Crippen molar-refractivity contribution in [2.75, 3.05) is 12.4 Å². The Morgan fingerprint density at radius 3 is 2.53 bits per heavy atom. The summed E-state index contributed by atoms with van der Waals surface area (Å²) in [5.74, 6) is 1.00. The number of rotatable bonds is 8. The first-order valence-corrected chi connectivity index (χ1v) is 10.7. The molecule has 0 aliphatic carbocycles. The Hall–Kier alpha value is -2.97. The summed E-state index contributed by atoms with van der Waals surface area (Å²) in [7, 11) is 0. The topological polar surface area (TPSA) is 83.0 Å². The normalized spacial score (nSPS) is 11.4. The van der Waals surface area contributed by atoms with Crippen molar-refractivity contribution in [2.24, 2.45) is 0 Å². The maximum absolute atomic E-state index is 13.0. The highest BCUT2D eigenvalue weighted by molar-refractivity contribution is 7.99. The summed E-state index contributed by atoms with van der Waals surface area (Å²) in [6, 6.07) is 17.1. The zero-order chi connectivity index (χ0) is 20.9. The molecule has 0 unspecified atom stereocenters. The standard InChI is InChI=1S/C22H22N4O3S/c1-15(2)28-12-13-30-22-24-23-20(29-22)19-17-10-6-7-11-18(17)21(27)26(25-19)14-16-8-4-3-5-9-16/h3-11,15H,12-14H2,1-2H3. The van der Waals surface area contributed by atoms with Crippen LogP contribution in [0.1, 0.15) is 19.4 Å². The van der Waals surface area contributed by atoms with Crippen LogP contribution in [0.25, 0.3) is 22.4 Å². The van der Waals surface area contributed by atoms with E-state index < -0.39 is 0 Å². The van der Waals surface area contributed by atoms with Gasteiger partial charge >= 0.3 is 0 Å². The Kier molecular flexibility index (Phi) is 6.25. The molecule has 30 heavy (non-hydrogen) atoms. The second-order valence-corrected chi connectivity index (χ2v) is 8.03. The van der Waals surface area contributed by atoms with E-state index in [1.807, 2.05) is 62.4 Å². The van der Waals surface area contributed by atoms with E-state index in [1.54, 1.807) is 6.07 Å². The minimum atomic E-state index is -0.154. The van der Waals surface area contributed by atoms with Gasteiger partial charge in [0.15, 0.2) is 5.69 Å². The lowest BCUT2D eigenvalue weighted by atomic mass is 10.1. The summed E-state index contributed by atoms with van der Waals surface area (Å²) in [5.41, 5.74) is 1.33. The molecule has 0 atom stereocenters. The largest absolute Gasteiger partial charge is 0.410 e. The Bertz CT molecular complexity index is 1190. The monoisotopic (exact) mass is 422 g/mol. The number of thioether (sulfide) groups is 1. The van der Waals surface area contributed by atoms with Crippen molar-refractivity contribution in [3.8, 4) is 11.6 Å². The zero-order valence-corrected chi connectivity index (χ0v) is 17.6. The third-order valence-corrected chi connectivity index (χ3v) is 5.19. The lowest BCUT2D eigenvalue weighted by Gasteiger charge is -2.09. The van der Waals surface area contributed by atoms with E-state index in [1.165, 1.54) is 16.4 Å². The van der Waals surface area contributed by atoms with Gasteiger partial charge in [-0.25, -0.2) is 4.68 Å². The first-order chi connectivity index (χ1) is 14.6. The molecular formula is C22H22N4O3S. The van der Waals surface area contributed by atoms with Crippen molar-refractivity contribution >= 4 is 22.5 Å². The number of ether oxygens (including phenoxy) is 1. The molecule has 2 aromatic carbocycles. The third kappa shape index (κ3) is 4.60. The SMILES string of the molecule is CC(C)OCCSc1nnc(-c2nn(Cc3ccccc3)c(=O)c3ccccc23)o1. The molecule has 0 amide bonds. The molecule has 2 heterocycles. The molecule has 0 N–H and O–H groups in total. The van der Waals surface area contributed by atoms with Gasteiger partial charge in [-0.2, -0.15) is 5.10 Å². The van der Waals surface area contributed by atoms with Crippen molar-refractivity contribution in [2.45, 2.75) is 31.7 Å². The van der Waals surface area contributed by atoms with Crippen LogP contribution in [0.15, 0.2) is 69.0 Å². The maximum Gasteiger partial charge on any atom is 0.276 e. The van der Waals surface area contributed by atoms with Gasteiger partial charge in [-0.1, -0.05) is 60.3 Å². The summed E-state index contributed by atoms with van der Waals surface area (Å²) < 4.78 is 12.8. The number of hydrogen-bond donors (Lipinski definition) is 0. The van der Waals surface area contributed by atoms with Crippen LogP contribution in [0.3, 0.4) is 0 Å². The molecular weight excluding hydrogens is 400 g/mol. The first kappa shape index (κ1) is 20.3. The molecule has 0 radical (unpaired) electrons. The van der Waals surface area contributed by atoms with Crippen LogP contribution >= 0.6 is 11.8 Å². The highest BCUT2D eigenvalue weighted by Crippen LogP contribution is 2.26. The summed E-state index contributed by atoms with van der Waals surface area (Å²) in [5, 5.41) is 14.6. The zero-order valence-electron chi connectivity index (χ0n) is 16.8. The number of benzene rings is 2. The van der Waals surface area contributed by atoms with Crippen LogP contribution in [-0.4, -0.2) is 38.4 Å². The van der Waals surface area contributed by atoms with Crippen LogP contribution < -0.4 is 5.56 Å². The van der Waals surface area contributed by atoms with E-state index in [4.69, 9.17) is 9.15 Å². The number of fused-ring (bicyclic) bond motifs is 1. The maximum atomic E-state index is 13.0. The van der Waals surface area contributed by atoms with Crippen LogP contribution in [0.2, 0.25) is 0 Å². The number of nitrogens with zero attached hydrogens (tertiary/aromatic N) is 4. The van der Waals surface area contributed by atoms with Gasteiger partial charge in [0.05, 0.1) is 24.6 Å². The molecule has 7 nitrogen and oxygen atoms in total. The smallest absolute Gasteiger partial charge is 0.276 e. The van der Waals surface area contributed by atoms with E-state index in [0.29, 0.717) is 46.5 Å². The van der Waals surface area contributed by atoms with Gasteiger partial charge in [0.2, 0.25) is 0 Å². The molecule has 0 aliphatic rings. The molecule has 0 aliphatic heterocycles. The summed E-state index contributed by atoms with van der Waals surface area (Å²) in [6.45, 7) is 4.95. The fourth-order valence-corrected chi connectivity index (χ4v) is 3.62. The second-order valence-electron chi connectivity index (χ2n) is 6.98. The van der Waals surface area contributed by atoms with Gasteiger partial charge in [-0.15, -0.1) is 10.2 Å². The predicted octanol–water partition coefficient (Wildman–Crippen LogP) is 4.01. The highest BCUT2D eigenvalue weighted by atomic mass is 32.2. The van der Waals surface area contributed by atoms with Gasteiger partial charge in [0, 0.05) is 11.1 Å². The molecule has 8 heteroatoms. The summed E-state index contributed by atoms with van der Waals surface area (Å²) >= 11 is 1.43. The number of hydrogen-bond acceptors (Lipinski definition) is 7. The van der Waals surface area contributed by atoms with Gasteiger partial charge in [0.1, 0.15) is 0 Å². The molecule has 0 saturated carbocycles. The molecule has 0 saturated heterocycles. The fourth-order valence-electron chi connectivity index (χ4n) is 3.03.